The number of carbonyl (C=O) groups is 1. The molecule has 1 N–H and O–H groups in total. The van der Waals surface area contributed by atoms with E-state index in [0.29, 0.717) is 31.2 Å². The van der Waals surface area contributed by atoms with Gasteiger partial charge in [0.25, 0.3) is 10.0 Å². The lowest BCUT2D eigenvalue weighted by Crippen LogP contribution is -2.36. The molecule has 0 bridgehead atoms. The maximum atomic E-state index is 13.6. The molecule has 2 aromatic rings. The molecule has 211 valence electrons. The van der Waals surface area contributed by atoms with Gasteiger partial charge in [0, 0.05) is 39.9 Å². The summed E-state index contributed by atoms with van der Waals surface area (Å²) in [5, 5.41) is 5.02. The Hall–Kier alpha value is -2.22. The van der Waals surface area contributed by atoms with Gasteiger partial charge in [-0.1, -0.05) is 25.9 Å². The minimum absolute atomic E-state index is 0.0167. The Bertz CT molecular complexity index is 1160. The molecule has 0 aliphatic carbocycles. The molecule has 1 saturated heterocycles. The molecule has 38 heavy (non-hydrogen) atoms. The molecule has 10 nitrogen and oxygen atoms in total. The number of ether oxygens (including phenoxy) is 2. The van der Waals surface area contributed by atoms with Crippen LogP contribution in [0.25, 0.3) is 0 Å². The Labute approximate surface area is 232 Å². The van der Waals surface area contributed by atoms with Gasteiger partial charge in [0.2, 0.25) is 0 Å². The molecule has 0 saturated carbocycles. The molecule has 1 radical (unpaired) electrons. The summed E-state index contributed by atoms with van der Waals surface area (Å²) in [6, 6.07) is 5.42. The monoisotopic (exact) mass is 582 g/mol. The van der Waals surface area contributed by atoms with Crippen LogP contribution in [-0.2, 0) is 19.5 Å². The van der Waals surface area contributed by atoms with Crippen molar-refractivity contribution in [1.82, 2.24) is 14.9 Å². The number of amides is 1. The van der Waals surface area contributed by atoms with Crippen LogP contribution >= 0.6 is 11.3 Å². The van der Waals surface area contributed by atoms with Crippen molar-refractivity contribution >= 4 is 47.8 Å². The van der Waals surface area contributed by atoms with Crippen LogP contribution in [0.5, 0.6) is 0 Å². The topological polar surface area (TPSA) is 114 Å². The minimum atomic E-state index is -3.99. The Morgan fingerprint density at radius 2 is 2.08 bits per heavy atom. The third-order valence-corrected chi connectivity index (χ3v) is 10.7. The largest absolute Gasteiger partial charge is 0.444 e. The number of hydrogen-bond donors (Lipinski definition) is 1. The van der Waals surface area contributed by atoms with Crippen LogP contribution in [0.3, 0.4) is 0 Å². The second-order valence-electron chi connectivity index (χ2n) is 10.5. The molecule has 1 fully saturated rings. The van der Waals surface area contributed by atoms with Gasteiger partial charge in [0.05, 0.1) is 16.9 Å². The zero-order valence-electron chi connectivity index (χ0n) is 23.2. The number of nitrogens with one attached hydrogen (secondary N) is 1. The van der Waals surface area contributed by atoms with Crippen LogP contribution in [0.15, 0.2) is 28.0 Å². The standard InChI is InChI=1S/C25H40N5O5S2Si/c1-7-13-38(6)14-12-34-18-30(22-16-36-17-26-22)37(32,33)23-9-8-21(19(2)27-23)28-20-10-11-29(15-20)24(31)35-25(3,4)5/h8-9,16-17,20,28H,7,10-15,18H2,1-6H3/t20-/m0/s1. The Balaban J connectivity index is 1.67. The number of hydrogen-bond acceptors (Lipinski definition) is 9. The van der Waals surface area contributed by atoms with Crippen molar-refractivity contribution < 1.29 is 22.7 Å². The van der Waals surface area contributed by atoms with E-state index in [1.54, 1.807) is 28.8 Å². The zero-order chi connectivity index (χ0) is 27.9. The van der Waals surface area contributed by atoms with Gasteiger partial charge in [-0.15, -0.1) is 11.3 Å². The Morgan fingerprint density at radius 1 is 1.32 bits per heavy atom. The van der Waals surface area contributed by atoms with Gasteiger partial charge < -0.3 is 19.7 Å². The van der Waals surface area contributed by atoms with Gasteiger partial charge in [-0.3, -0.25) is 0 Å². The normalized spacial score (nSPS) is 16.2. The molecule has 0 aromatic carbocycles. The molecule has 2 aromatic heterocycles. The molecule has 0 unspecified atom stereocenters. The second-order valence-corrected chi connectivity index (χ2v) is 16.0. The molecule has 13 heteroatoms. The van der Waals surface area contributed by atoms with E-state index in [9.17, 15) is 13.2 Å². The summed E-state index contributed by atoms with van der Waals surface area (Å²) in [5.41, 5.74) is 2.33. The molecule has 1 aliphatic heterocycles. The van der Waals surface area contributed by atoms with E-state index in [0.717, 1.165) is 24.6 Å². The average Bonchev–Trinajstić information content (AvgIpc) is 3.52. The van der Waals surface area contributed by atoms with Crippen LogP contribution < -0.4 is 9.62 Å². The van der Waals surface area contributed by atoms with E-state index in [1.165, 1.54) is 27.8 Å². The first-order chi connectivity index (χ1) is 17.9. The summed E-state index contributed by atoms with van der Waals surface area (Å²) in [6.07, 6.45) is 1.58. The predicted molar refractivity (Wildman–Crippen MR) is 153 cm³/mol. The minimum Gasteiger partial charge on any atom is -0.444 e. The molecule has 1 aliphatic rings. The van der Waals surface area contributed by atoms with Crippen LogP contribution in [0.2, 0.25) is 18.6 Å². The van der Waals surface area contributed by atoms with Crippen molar-refractivity contribution in [3.8, 4) is 0 Å². The highest BCUT2D eigenvalue weighted by Gasteiger charge is 2.31. The number of carbonyl (C=O) groups excluding carboxylic acids is 1. The van der Waals surface area contributed by atoms with E-state index in [-0.39, 0.29) is 23.9 Å². The smallest absolute Gasteiger partial charge is 0.410 e. The maximum Gasteiger partial charge on any atom is 0.410 e. The lowest BCUT2D eigenvalue weighted by Gasteiger charge is -2.24. The third-order valence-electron chi connectivity index (χ3n) is 6.05. The van der Waals surface area contributed by atoms with Crippen LogP contribution in [-0.4, -0.2) is 76.2 Å². The van der Waals surface area contributed by atoms with Gasteiger partial charge in [0.15, 0.2) is 10.8 Å². The van der Waals surface area contributed by atoms with Gasteiger partial charge in [-0.25, -0.2) is 19.1 Å². The Morgan fingerprint density at radius 3 is 2.71 bits per heavy atom. The molecular formula is C25H40N5O5S2Si. The van der Waals surface area contributed by atoms with Crippen molar-refractivity contribution in [2.45, 2.75) is 82.8 Å². The summed E-state index contributed by atoms with van der Waals surface area (Å²) in [5.74, 6) is 0.320. The summed E-state index contributed by atoms with van der Waals surface area (Å²) in [7, 11) is -4.46. The lowest BCUT2D eigenvalue weighted by molar-refractivity contribution is 0.0293. The average molecular weight is 583 g/mol. The third kappa shape index (κ3) is 8.39. The van der Waals surface area contributed by atoms with Crippen molar-refractivity contribution in [3.63, 3.8) is 0 Å². The van der Waals surface area contributed by atoms with E-state index in [4.69, 9.17) is 9.47 Å². The fourth-order valence-electron chi connectivity index (χ4n) is 4.07. The molecule has 3 heterocycles. The van der Waals surface area contributed by atoms with Crippen molar-refractivity contribution in [3.05, 3.63) is 28.7 Å². The summed E-state index contributed by atoms with van der Waals surface area (Å²) in [4.78, 5) is 22.7. The first-order valence-corrected chi connectivity index (χ1v) is 17.7. The summed E-state index contributed by atoms with van der Waals surface area (Å²) >= 11 is 1.32. The number of aromatic nitrogens is 2. The quantitative estimate of drug-likeness (QED) is 0.212. The highest BCUT2D eigenvalue weighted by molar-refractivity contribution is 7.92. The lowest BCUT2D eigenvalue weighted by atomic mass is 10.2. The number of aryl methyl sites for hydroxylation is 1. The van der Waals surface area contributed by atoms with Gasteiger partial charge in [-0.2, -0.15) is 8.42 Å². The number of anilines is 2. The van der Waals surface area contributed by atoms with Crippen molar-refractivity contribution in [2.75, 3.05) is 36.0 Å². The van der Waals surface area contributed by atoms with E-state index in [1.807, 2.05) is 20.8 Å². The number of likely N-dealkylation sites (tertiary alicyclic amines) is 1. The number of nitrogens with zero attached hydrogens (tertiary/aromatic N) is 4. The van der Waals surface area contributed by atoms with E-state index in [2.05, 4.69) is 28.8 Å². The zero-order valence-corrected chi connectivity index (χ0v) is 25.8. The number of sulfonamides is 1. The number of pyridine rings is 1. The number of thiazole rings is 1. The molecule has 1 amide bonds. The van der Waals surface area contributed by atoms with Crippen LogP contribution in [0.4, 0.5) is 16.3 Å². The van der Waals surface area contributed by atoms with Crippen molar-refractivity contribution in [2.24, 2.45) is 0 Å². The van der Waals surface area contributed by atoms with E-state index < -0.39 is 24.4 Å². The molecule has 0 spiro atoms. The summed E-state index contributed by atoms with van der Waals surface area (Å²) in [6.45, 7) is 13.2. The molecule has 1 atom stereocenters. The predicted octanol–water partition coefficient (Wildman–Crippen LogP) is 4.97. The van der Waals surface area contributed by atoms with Crippen LogP contribution in [0.1, 0.15) is 46.2 Å². The first-order valence-electron chi connectivity index (χ1n) is 12.9. The molecule has 3 rings (SSSR count). The maximum absolute atomic E-state index is 13.6. The Kier molecular flexibility index (Phi) is 10.6. The fourth-order valence-corrected chi connectivity index (χ4v) is 7.55. The summed E-state index contributed by atoms with van der Waals surface area (Å²) < 4.78 is 39.6. The first kappa shape index (κ1) is 30.3. The van der Waals surface area contributed by atoms with Gasteiger partial charge in [0.1, 0.15) is 12.3 Å². The second kappa shape index (κ2) is 13.2. The van der Waals surface area contributed by atoms with Crippen molar-refractivity contribution in [1.29, 1.82) is 0 Å². The SMILES string of the molecule is CCC[Si](C)CCOCN(c1cscn1)S(=O)(=O)c1ccc(N[C@H]2CCN(C(=O)OC(C)(C)C)C2)c(C)n1. The van der Waals surface area contributed by atoms with E-state index >= 15 is 0 Å². The highest BCUT2D eigenvalue weighted by Crippen LogP contribution is 2.26. The highest BCUT2D eigenvalue weighted by atomic mass is 32.2. The van der Waals surface area contributed by atoms with Gasteiger partial charge >= 0.3 is 6.09 Å². The van der Waals surface area contributed by atoms with Crippen LogP contribution in [0, 0.1) is 6.92 Å². The number of rotatable bonds is 12. The molecular weight excluding hydrogens is 543 g/mol. The fraction of sp³-hybridized carbons (Fsp3) is 0.640. The van der Waals surface area contributed by atoms with Gasteiger partial charge in [-0.05, 0) is 52.3 Å².